The molecule has 0 aliphatic rings. The molecular formula is C15H12INO. The van der Waals surface area contributed by atoms with Gasteiger partial charge in [0, 0.05) is 14.7 Å². The molecule has 2 aromatic rings. The molecule has 0 aliphatic heterocycles. The van der Waals surface area contributed by atoms with Gasteiger partial charge in [-0.3, -0.25) is 10.2 Å². The molecular weight excluding hydrogens is 337 g/mol. The van der Waals surface area contributed by atoms with E-state index in [1.54, 1.807) is 12.1 Å². The van der Waals surface area contributed by atoms with Gasteiger partial charge in [0.2, 0.25) is 5.78 Å². The maximum atomic E-state index is 12.2. The summed E-state index contributed by atoms with van der Waals surface area (Å²) in [5.74, 6) is -0.235. The quantitative estimate of drug-likeness (QED) is 0.510. The van der Waals surface area contributed by atoms with Crippen molar-refractivity contribution in [1.82, 2.24) is 0 Å². The first-order valence-electron chi connectivity index (χ1n) is 5.54. The van der Waals surface area contributed by atoms with E-state index in [-0.39, 0.29) is 11.5 Å². The largest absolute Gasteiger partial charge is 0.296 e. The molecule has 0 radical (unpaired) electrons. The number of benzene rings is 2. The molecule has 0 saturated heterocycles. The predicted octanol–water partition coefficient (Wildman–Crippen LogP) is 3.85. The smallest absolute Gasteiger partial charge is 0.211 e. The van der Waals surface area contributed by atoms with Crippen molar-refractivity contribution in [1.29, 1.82) is 5.41 Å². The third kappa shape index (κ3) is 2.67. The first-order valence-corrected chi connectivity index (χ1v) is 6.62. The van der Waals surface area contributed by atoms with E-state index < -0.39 is 0 Å². The molecule has 90 valence electrons. The van der Waals surface area contributed by atoms with Gasteiger partial charge in [-0.1, -0.05) is 24.3 Å². The second-order valence-electron chi connectivity index (χ2n) is 4.03. The maximum absolute atomic E-state index is 12.2. The Balaban J connectivity index is 2.33. The van der Waals surface area contributed by atoms with Crippen molar-refractivity contribution in [2.75, 3.05) is 0 Å². The zero-order valence-corrected chi connectivity index (χ0v) is 12.1. The minimum atomic E-state index is -0.235. The molecule has 0 unspecified atom stereocenters. The second kappa shape index (κ2) is 5.44. The molecule has 3 heteroatoms. The molecule has 0 bridgehead atoms. The van der Waals surface area contributed by atoms with Crippen LogP contribution in [0.2, 0.25) is 0 Å². The van der Waals surface area contributed by atoms with E-state index in [1.165, 1.54) is 0 Å². The summed E-state index contributed by atoms with van der Waals surface area (Å²) in [5, 5.41) is 8.02. The third-order valence-corrected chi connectivity index (χ3v) is 3.47. The Kier molecular flexibility index (Phi) is 3.91. The van der Waals surface area contributed by atoms with Crippen LogP contribution in [-0.2, 0) is 0 Å². The summed E-state index contributed by atoms with van der Waals surface area (Å²) in [7, 11) is 0. The molecule has 2 aromatic carbocycles. The van der Waals surface area contributed by atoms with E-state index >= 15 is 0 Å². The van der Waals surface area contributed by atoms with Gasteiger partial charge in [-0.15, -0.1) is 0 Å². The molecule has 0 saturated carbocycles. The summed E-state index contributed by atoms with van der Waals surface area (Å²) in [6.45, 7) is 1.91. The summed E-state index contributed by atoms with van der Waals surface area (Å²) < 4.78 is 1.08. The number of halogens is 1. The molecule has 2 rings (SSSR count). The summed E-state index contributed by atoms with van der Waals surface area (Å²) >= 11 is 2.19. The Hall–Kier alpha value is -1.49. The van der Waals surface area contributed by atoms with Crippen LogP contribution in [0.3, 0.4) is 0 Å². The number of ketones is 1. The van der Waals surface area contributed by atoms with Gasteiger partial charge >= 0.3 is 0 Å². The molecule has 0 aromatic heterocycles. The van der Waals surface area contributed by atoms with Crippen molar-refractivity contribution in [3.05, 3.63) is 68.8 Å². The Labute approximate surface area is 120 Å². The normalized spacial score (nSPS) is 10.1. The van der Waals surface area contributed by atoms with E-state index in [1.807, 2.05) is 43.3 Å². The van der Waals surface area contributed by atoms with Gasteiger partial charge in [0.25, 0.3) is 0 Å². The van der Waals surface area contributed by atoms with Crippen molar-refractivity contribution in [2.45, 2.75) is 6.92 Å². The minimum Gasteiger partial charge on any atom is -0.296 e. The standard InChI is InChI=1S/C15H12INO/c1-10-4-2-3-5-13(10)14(17)15(18)11-6-8-12(16)9-7-11/h2-9,17H,1H3. The van der Waals surface area contributed by atoms with Gasteiger partial charge < -0.3 is 0 Å². The SMILES string of the molecule is Cc1ccccc1C(=N)C(=O)c1ccc(I)cc1. The number of Topliss-reactive ketones (excluding diaryl/α,β-unsaturated/α-hetero) is 1. The van der Waals surface area contributed by atoms with Crippen molar-refractivity contribution in [3.63, 3.8) is 0 Å². The van der Waals surface area contributed by atoms with Crippen LogP contribution in [0.1, 0.15) is 21.5 Å². The summed E-state index contributed by atoms with van der Waals surface area (Å²) in [6, 6.07) is 14.7. The fraction of sp³-hybridized carbons (Fsp3) is 0.0667. The van der Waals surface area contributed by atoms with Gasteiger partial charge in [0.15, 0.2) is 0 Å². The zero-order chi connectivity index (χ0) is 13.1. The number of nitrogens with one attached hydrogen (secondary N) is 1. The first kappa shape index (κ1) is 13.0. The van der Waals surface area contributed by atoms with Crippen molar-refractivity contribution < 1.29 is 4.79 Å². The van der Waals surface area contributed by atoms with Crippen LogP contribution in [0.25, 0.3) is 0 Å². The van der Waals surface area contributed by atoms with E-state index in [9.17, 15) is 4.79 Å². The van der Waals surface area contributed by atoms with Gasteiger partial charge in [-0.05, 0) is 59.3 Å². The number of hydrogen-bond acceptors (Lipinski definition) is 2. The molecule has 0 amide bonds. The number of aryl methyl sites for hydroxylation is 1. The first-order chi connectivity index (χ1) is 8.59. The monoisotopic (exact) mass is 349 g/mol. The lowest BCUT2D eigenvalue weighted by molar-refractivity contribution is 0.106. The second-order valence-corrected chi connectivity index (χ2v) is 5.27. The van der Waals surface area contributed by atoms with Gasteiger partial charge in [-0.25, -0.2) is 0 Å². The van der Waals surface area contributed by atoms with Gasteiger partial charge in [0.05, 0.1) is 0 Å². The van der Waals surface area contributed by atoms with Crippen molar-refractivity contribution in [3.8, 4) is 0 Å². The highest BCUT2D eigenvalue weighted by Gasteiger charge is 2.15. The molecule has 2 nitrogen and oxygen atoms in total. The van der Waals surface area contributed by atoms with E-state index in [0.29, 0.717) is 11.1 Å². The number of carbonyl (C=O) groups is 1. The van der Waals surface area contributed by atoms with E-state index in [4.69, 9.17) is 5.41 Å². The highest BCUT2D eigenvalue weighted by molar-refractivity contribution is 14.1. The zero-order valence-electron chi connectivity index (χ0n) is 9.91. The average Bonchev–Trinajstić information content (AvgIpc) is 2.38. The molecule has 0 atom stereocenters. The fourth-order valence-corrected chi connectivity index (χ4v) is 2.08. The molecule has 1 N–H and O–H groups in total. The van der Waals surface area contributed by atoms with Crippen LogP contribution in [-0.4, -0.2) is 11.5 Å². The Morgan fingerprint density at radius 1 is 1.06 bits per heavy atom. The number of carbonyl (C=O) groups excluding carboxylic acids is 1. The van der Waals surface area contributed by atoms with Crippen LogP contribution in [0.15, 0.2) is 48.5 Å². The maximum Gasteiger partial charge on any atom is 0.211 e. The van der Waals surface area contributed by atoms with Crippen molar-refractivity contribution >= 4 is 34.1 Å². The van der Waals surface area contributed by atoms with Gasteiger partial charge in [-0.2, -0.15) is 0 Å². The lowest BCUT2D eigenvalue weighted by atomic mass is 9.97. The summed E-state index contributed by atoms with van der Waals surface area (Å²) in [6.07, 6.45) is 0. The Morgan fingerprint density at radius 2 is 1.67 bits per heavy atom. The van der Waals surface area contributed by atoms with Crippen LogP contribution in [0.4, 0.5) is 0 Å². The molecule has 0 fully saturated rings. The highest BCUT2D eigenvalue weighted by atomic mass is 127. The lowest BCUT2D eigenvalue weighted by Crippen LogP contribution is -2.15. The molecule has 0 aliphatic carbocycles. The molecule has 0 spiro atoms. The molecule has 18 heavy (non-hydrogen) atoms. The topological polar surface area (TPSA) is 40.9 Å². The number of rotatable bonds is 3. The molecule has 0 heterocycles. The van der Waals surface area contributed by atoms with Gasteiger partial charge in [0.1, 0.15) is 5.71 Å². The van der Waals surface area contributed by atoms with Crippen LogP contribution in [0.5, 0.6) is 0 Å². The summed E-state index contributed by atoms with van der Waals surface area (Å²) in [5.41, 5.74) is 2.25. The number of hydrogen-bond donors (Lipinski definition) is 1. The minimum absolute atomic E-state index is 0.0503. The summed E-state index contributed by atoms with van der Waals surface area (Å²) in [4.78, 5) is 12.2. The Morgan fingerprint density at radius 3 is 2.28 bits per heavy atom. The Bertz CT molecular complexity index is 602. The predicted molar refractivity (Wildman–Crippen MR) is 81.5 cm³/mol. The average molecular weight is 349 g/mol. The van der Waals surface area contributed by atoms with Crippen LogP contribution < -0.4 is 0 Å². The van der Waals surface area contributed by atoms with Crippen LogP contribution in [0, 0.1) is 15.9 Å². The highest BCUT2D eigenvalue weighted by Crippen LogP contribution is 2.13. The van der Waals surface area contributed by atoms with Crippen LogP contribution >= 0.6 is 22.6 Å². The van der Waals surface area contributed by atoms with Crippen molar-refractivity contribution in [2.24, 2.45) is 0 Å². The lowest BCUT2D eigenvalue weighted by Gasteiger charge is -2.06. The van der Waals surface area contributed by atoms with E-state index in [2.05, 4.69) is 22.6 Å². The third-order valence-electron chi connectivity index (χ3n) is 2.75. The fourth-order valence-electron chi connectivity index (χ4n) is 1.72. The van der Waals surface area contributed by atoms with E-state index in [0.717, 1.165) is 9.13 Å².